The SMILES string of the molecule is COc1cccc(/C=C/C(=O)N(C)CC(=O)NCCCOC(C)C)c1. The van der Waals surface area contributed by atoms with Gasteiger partial charge in [-0.2, -0.15) is 0 Å². The molecule has 0 aromatic heterocycles. The van der Waals surface area contributed by atoms with Gasteiger partial charge in [0.25, 0.3) is 0 Å². The fourth-order valence-electron chi connectivity index (χ4n) is 2.01. The number of amides is 2. The van der Waals surface area contributed by atoms with E-state index in [0.717, 1.165) is 17.7 Å². The minimum Gasteiger partial charge on any atom is -0.497 e. The van der Waals surface area contributed by atoms with E-state index in [-0.39, 0.29) is 24.5 Å². The molecule has 0 spiro atoms. The number of hydrogen-bond acceptors (Lipinski definition) is 4. The summed E-state index contributed by atoms with van der Waals surface area (Å²) >= 11 is 0. The maximum Gasteiger partial charge on any atom is 0.246 e. The second-order valence-electron chi connectivity index (χ2n) is 5.93. The molecule has 0 atom stereocenters. The highest BCUT2D eigenvalue weighted by Gasteiger charge is 2.10. The lowest BCUT2D eigenvalue weighted by Gasteiger charge is -2.15. The molecule has 1 aromatic carbocycles. The third-order valence-electron chi connectivity index (χ3n) is 3.36. The van der Waals surface area contributed by atoms with E-state index in [0.29, 0.717) is 13.2 Å². The van der Waals surface area contributed by atoms with Crippen molar-refractivity contribution in [2.24, 2.45) is 0 Å². The summed E-state index contributed by atoms with van der Waals surface area (Å²) in [5, 5.41) is 2.78. The minimum absolute atomic E-state index is 0.0202. The predicted molar refractivity (Wildman–Crippen MR) is 98.4 cm³/mol. The van der Waals surface area contributed by atoms with Crippen molar-refractivity contribution < 1.29 is 19.1 Å². The molecule has 0 bridgehead atoms. The second kappa shape index (κ2) is 11.3. The zero-order chi connectivity index (χ0) is 18.7. The van der Waals surface area contributed by atoms with E-state index in [1.54, 1.807) is 20.2 Å². The Balaban J connectivity index is 2.35. The van der Waals surface area contributed by atoms with Crippen molar-refractivity contribution >= 4 is 17.9 Å². The summed E-state index contributed by atoms with van der Waals surface area (Å²) in [4.78, 5) is 25.3. The van der Waals surface area contributed by atoms with Crippen molar-refractivity contribution in [3.05, 3.63) is 35.9 Å². The first-order chi connectivity index (χ1) is 11.9. The largest absolute Gasteiger partial charge is 0.497 e. The molecule has 0 radical (unpaired) electrons. The van der Waals surface area contributed by atoms with E-state index >= 15 is 0 Å². The first-order valence-corrected chi connectivity index (χ1v) is 8.38. The van der Waals surface area contributed by atoms with E-state index in [1.165, 1.54) is 11.0 Å². The molecule has 1 rings (SSSR count). The lowest BCUT2D eigenvalue weighted by Crippen LogP contribution is -2.38. The molecule has 0 aliphatic heterocycles. The molecule has 25 heavy (non-hydrogen) atoms. The van der Waals surface area contributed by atoms with Gasteiger partial charge in [0, 0.05) is 26.3 Å². The van der Waals surface area contributed by atoms with Gasteiger partial charge in [-0.25, -0.2) is 0 Å². The second-order valence-corrected chi connectivity index (χ2v) is 5.93. The van der Waals surface area contributed by atoms with Crippen LogP contribution in [0.15, 0.2) is 30.3 Å². The lowest BCUT2D eigenvalue weighted by molar-refractivity contribution is -0.131. The van der Waals surface area contributed by atoms with E-state index in [4.69, 9.17) is 9.47 Å². The number of benzene rings is 1. The van der Waals surface area contributed by atoms with Gasteiger partial charge in [-0.1, -0.05) is 12.1 Å². The molecule has 0 heterocycles. The number of nitrogens with zero attached hydrogens (tertiary/aromatic N) is 1. The summed E-state index contributed by atoms with van der Waals surface area (Å²) in [7, 11) is 3.19. The Labute approximate surface area is 149 Å². The van der Waals surface area contributed by atoms with E-state index in [2.05, 4.69) is 5.32 Å². The molecule has 1 N–H and O–H groups in total. The zero-order valence-corrected chi connectivity index (χ0v) is 15.5. The number of ether oxygens (including phenoxy) is 2. The molecule has 0 saturated carbocycles. The van der Waals surface area contributed by atoms with Crippen LogP contribution in [0.3, 0.4) is 0 Å². The molecule has 6 heteroatoms. The first-order valence-electron chi connectivity index (χ1n) is 8.38. The predicted octanol–water partition coefficient (Wildman–Crippen LogP) is 2.10. The fraction of sp³-hybridized carbons (Fsp3) is 0.474. The van der Waals surface area contributed by atoms with Crippen molar-refractivity contribution in [2.45, 2.75) is 26.4 Å². The number of carbonyl (C=O) groups is 2. The van der Waals surface area contributed by atoms with Crippen molar-refractivity contribution in [3.8, 4) is 5.75 Å². The van der Waals surface area contributed by atoms with Gasteiger partial charge in [0.05, 0.1) is 19.8 Å². The fourth-order valence-corrected chi connectivity index (χ4v) is 2.01. The van der Waals surface area contributed by atoms with Gasteiger partial charge in [0.1, 0.15) is 5.75 Å². The van der Waals surface area contributed by atoms with Crippen LogP contribution in [0, 0.1) is 0 Å². The summed E-state index contributed by atoms with van der Waals surface area (Å²) in [6, 6.07) is 7.39. The Bertz CT molecular complexity index is 585. The standard InChI is InChI=1S/C19H28N2O4/c1-15(2)25-12-6-11-20-18(22)14-21(3)19(23)10-9-16-7-5-8-17(13-16)24-4/h5,7-10,13,15H,6,11-12,14H2,1-4H3,(H,20,22)/b10-9+. The number of likely N-dealkylation sites (N-methyl/N-ethyl adjacent to an activating group) is 1. The maximum atomic E-state index is 12.1. The smallest absolute Gasteiger partial charge is 0.246 e. The summed E-state index contributed by atoms with van der Waals surface area (Å²) < 4.78 is 10.5. The monoisotopic (exact) mass is 348 g/mol. The van der Waals surface area contributed by atoms with Crippen LogP contribution in [0.25, 0.3) is 6.08 Å². The van der Waals surface area contributed by atoms with Gasteiger partial charge in [0.15, 0.2) is 0 Å². The Morgan fingerprint density at radius 2 is 2.08 bits per heavy atom. The number of nitrogens with one attached hydrogen (secondary N) is 1. The van der Waals surface area contributed by atoms with Crippen LogP contribution < -0.4 is 10.1 Å². The van der Waals surface area contributed by atoms with Gasteiger partial charge in [-0.15, -0.1) is 0 Å². The highest BCUT2D eigenvalue weighted by molar-refractivity contribution is 5.94. The Kier molecular flexibility index (Phi) is 9.32. The van der Waals surface area contributed by atoms with Gasteiger partial charge in [-0.3, -0.25) is 9.59 Å². The van der Waals surface area contributed by atoms with Crippen LogP contribution in [0.4, 0.5) is 0 Å². The maximum absolute atomic E-state index is 12.1. The molecule has 138 valence electrons. The molecule has 0 saturated heterocycles. The Morgan fingerprint density at radius 3 is 2.76 bits per heavy atom. The van der Waals surface area contributed by atoms with Crippen LogP contribution in [-0.4, -0.2) is 56.7 Å². The van der Waals surface area contributed by atoms with Gasteiger partial charge in [0.2, 0.25) is 11.8 Å². The Hall–Kier alpha value is -2.34. The third kappa shape index (κ3) is 8.91. The normalized spacial score (nSPS) is 10.9. The van der Waals surface area contributed by atoms with Crippen LogP contribution >= 0.6 is 0 Å². The molecule has 0 fully saturated rings. The minimum atomic E-state index is -0.235. The van der Waals surface area contributed by atoms with Crippen LogP contribution in [0.5, 0.6) is 5.75 Å². The first kappa shape index (κ1) is 20.7. The van der Waals surface area contributed by atoms with Crippen molar-refractivity contribution in [1.29, 1.82) is 0 Å². The average Bonchev–Trinajstić information content (AvgIpc) is 2.59. The van der Waals surface area contributed by atoms with Crippen molar-refractivity contribution in [1.82, 2.24) is 10.2 Å². The number of rotatable bonds is 10. The quantitative estimate of drug-likeness (QED) is 0.519. The highest BCUT2D eigenvalue weighted by Crippen LogP contribution is 2.13. The average molecular weight is 348 g/mol. The summed E-state index contributed by atoms with van der Waals surface area (Å²) in [6.07, 6.45) is 4.08. The van der Waals surface area contributed by atoms with Crippen LogP contribution in [0.2, 0.25) is 0 Å². The lowest BCUT2D eigenvalue weighted by atomic mass is 10.2. The summed E-state index contributed by atoms with van der Waals surface area (Å²) in [5.41, 5.74) is 0.857. The summed E-state index contributed by atoms with van der Waals surface area (Å²) in [5.74, 6) is 0.306. The van der Waals surface area contributed by atoms with Gasteiger partial charge in [-0.05, 0) is 44.0 Å². The van der Waals surface area contributed by atoms with Crippen LogP contribution in [0.1, 0.15) is 25.8 Å². The van der Waals surface area contributed by atoms with E-state index < -0.39 is 0 Å². The molecule has 1 aromatic rings. The molecule has 0 unspecified atom stereocenters. The molecule has 0 aliphatic rings. The number of hydrogen-bond donors (Lipinski definition) is 1. The van der Waals surface area contributed by atoms with Gasteiger partial charge < -0.3 is 19.7 Å². The number of carbonyl (C=O) groups excluding carboxylic acids is 2. The topological polar surface area (TPSA) is 67.9 Å². The zero-order valence-electron chi connectivity index (χ0n) is 15.5. The highest BCUT2D eigenvalue weighted by atomic mass is 16.5. The molecular formula is C19H28N2O4. The summed E-state index contributed by atoms with van der Waals surface area (Å²) in [6.45, 7) is 5.10. The van der Waals surface area contributed by atoms with E-state index in [1.807, 2.05) is 38.1 Å². The van der Waals surface area contributed by atoms with Crippen LogP contribution in [-0.2, 0) is 14.3 Å². The number of methoxy groups -OCH3 is 1. The molecule has 2 amide bonds. The Morgan fingerprint density at radius 1 is 1.32 bits per heavy atom. The van der Waals surface area contributed by atoms with Crippen molar-refractivity contribution in [2.75, 3.05) is 33.9 Å². The van der Waals surface area contributed by atoms with Crippen molar-refractivity contribution in [3.63, 3.8) is 0 Å². The molecule has 0 aliphatic carbocycles. The van der Waals surface area contributed by atoms with Gasteiger partial charge >= 0.3 is 0 Å². The van der Waals surface area contributed by atoms with E-state index in [9.17, 15) is 9.59 Å². The molecule has 6 nitrogen and oxygen atoms in total. The third-order valence-corrected chi connectivity index (χ3v) is 3.36. The molecular weight excluding hydrogens is 320 g/mol.